The summed E-state index contributed by atoms with van der Waals surface area (Å²) in [7, 11) is 0. The van der Waals surface area contributed by atoms with Crippen molar-refractivity contribution in [1.29, 1.82) is 0 Å². The van der Waals surface area contributed by atoms with Crippen LogP contribution in [0.4, 0.5) is 26.3 Å². The van der Waals surface area contributed by atoms with Crippen molar-refractivity contribution in [3.63, 3.8) is 0 Å². The predicted octanol–water partition coefficient (Wildman–Crippen LogP) is 4.51. The minimum atomic E-state index is -4.99. The Labute approximate surface area is 179 Å². The number of carboxylic acids is 1. The first-order chi connectivity index (χ1) is 14.9. The summed E-state index contributed by atoms with van der Waals surface area (Å²) in [6.45, 7) is -0.935. The normalized spacial score (nSPS) is 20.3. The molecule has 0 spiro atoms. The standard InChI is InChI=1S/C21H19F6NO4/c22-20(23,24)16-8-14(9-17(10-16)21(25,26)27)12-32-19(15-4-2-1-3-5-15)13-31-7-6-28(19)11-18(29)30/h1-5,8-10H,6-7,11-13H2,(H,29,30)/t19-/m1/s1. The van der Waals surface area contributed by atoms with Gasteiger partial charge < -0.3 is 14.6 Å². The van der Waals surface area contributed by atoms with E-state index in [4.69, 9.17) is 9.47 Å². The molecule has 2 aromatic rings. The average molecular weight is 463 g/mol. The molecular weight excluding hydrogens is 444 g/mol. The molecule has 0 saturated carbocycles. The molecule has 174 valence electrons. The molecular formula is C21H19F6NO4. The molecule has 0 amide bonds. The van der Waals surface area contributed by atoms with Crippen molar-refractivity contribution in [2.75, 3.05) is 26.3 Å². The van der Waals surface area contributed by atoms with Crippen LogP contribution >= 0.6 is 0 Å². The summed E-state index contributed by atoms with van der Waals surface area (Å²) in [5.41, 5.74) is -4.32. The zero-order chi connectivity index (χ0) is 23.6. The second-order valence-corrected chi connectivity index (χ2v) is 7.22. The van der Waals surface area contributed by atoms with Crippen molar-refractivity contribution < 1.29 is 45.7 Å². The summed E-state index contributed by atoms with van der Waals surface area (Å²) in [5, 5.41) is 9.29. The molecule has 1 aliphatic heterocycles. The van der Waals surface area contributed by atoms with Crippen molar-refractivity contribution in [3.05, 3.63) is 70.8 Å². The van der Waals surface area contributed by atoms with Crippen LogP contribution in [0.3, 0.4) is 0 Å². The molecule has 11 heteroatoms. The summed E-state index contributed by atoms with van der Waals surface area (Å²) in [4.78, 5) is 12.8. The molecule has 1 heterocycles. The van der Waals surface area contributed by atoms with Crippen molar-refractivity contribution >= 4 is 5.97 Å². The van der Waals surface area contributed by atoms with E-state index in [1.54, 1.807) is 30.3 Å². The largest absolute Gasteiger partial charge is 0.480 e. The Balaban J connectivity index is 2.00. The van der Waals surface area contributed by atoms with Crippen LogP contribution in [0.5, 0.6) is 0 Å². The van der Waals surface area contributed by atoms with Crippen LogP contribution in [0.1, 0.15) is 22.3 Å². The first-order valence-electron chi connectivity index (χ1n) is 9.44. The summed E-state index contributed by atoms with van der Waals surface area (Å²) in [5.74, 6) is -1.17. The van der Waals surface area contributed by atoms with Crippen LogP contribution < -0.4 is 0 Å². The number of halogens is 6. The maximum absolute atomic E-state index is 13.2. The molecule has 1 aliphatic rings. The van der Waals surface area contributed by atoms with E-state index in [-0.39, 0.29) is 31.4 Å². The van der Waals surface area contributed by atoms with E-state index < -0.39 is 48.3 Å². The quantitative estimate of drug-likeness (QED) is 0.639. The highest BCUT2D eigenvalue weighted by Crippen LogP contribution is 2.38. The Bertz CT molecular complexity index is 915. The predicted molar refractivity (Wildman–Crippen MR) is 99.4 cm³/mol. The lowest BCUT2D eigenvalue weighted by Gasteiger charge is -2.46. The second kappa shape index (κ2) is 9.08. The SMILES string of the molecule is O=C(O)CN1CCOC[C@@]1(OCc1cc(C(F)(F)F)cc(C(F)(F)F)c1)c1ccccc1. The Morgan fingerprint density at radius 3 is 2.16 bits per heavy atom. The number of morpholine rings is 1. The topological polar surface area (TPSA) is 59.0 Å². The van der Waals surface area contributed by atoms with E-state index in [0.29, 0.717) is 17.7 Å². The third kappa shape index (κ3) is 5.40. The smallest absolute Gasteiger partial charge is 0.416 e. The molecule has 0 radical (unpaired) electrons. The first-order valence-corrected chi connectivity index (χ1v) is 9.44. The second-order valence-electron chi connectivity index (χ2n) is 7.22. The zero-order valence-electron chi connectivity index (χ0n) is 16.5. The number of benzene rings is 2. The number of ether oxygens (including phenoxy) is 2. The number of carboxylic acid groups (broad SMARTS) is 1. The summed E-state index contributed by atoms with van der Waals surface area (Å²) in [6.07, 6.45) is -9.98. The Hall–Kier alpha value is -2.63. The monoisotopic (exact) mass is 463 g/mol. The van der Waals surface area contributed by atoms with Crippen LogP contribution in [0.15, 0.2) is 48.5 Å². The fraction of sp³-hybridized carbons (Fsp3) is 0.381. The Morgan fingerprint density at radius 2 is 1.62 bits per heavy atom. The molecule has 32 heavy (non-hydrogen) atoms. The maximum Gasteiger partial charge on any atom is 0.416 e. The highest BCUT2D eigenvalue weighted by atomic mass is 19.4. The van der Waals surface area contributed by atoms with Gasteiger partial charge in [-0.3, -0.25) is 9.69 Å². The molecule has 2 aromatic carbocycles. The van der Waals surface area contributed by atoms with E-state index in [1.807, 2.05) is 0 Å². The Kier molecular flexibility index (Phi) is 6.82. The number of hydrogen-bond acceptors (Lipinski definition) is 4. The van der Waals surface area contributed by atoms with Gasteiger partial charge in [0.15, 0.2) is 5.72 Å². The fourth-order valence-corrected chi connectivity index (χ4v) is 3.51. The molecule has 0 unspecified atom stereocenters. The van der Waals surface area contributed by atoms with Gasteiger partial charge in [0.1, 0.15) is 0 Å². The number of rotatable bonds is 6. The average Bonchev–Trinajstić information content (AvgIpc) is 2.72. The molecule has 1 fully saturated rings. The minimum absolute atomic E-state index is 0.0386. The number of aliphatic carboxylic acids is 1. The van der Waals surface area contributed by atoms with Gasteiger partial charge in [-0.05, 0) is 23.8 Å². The van der Waals surface area contributed by atoms with Gasteiger partial charge >= 0.3 is 18.3 Å². The number of nitrogens with zero attached hydrogens (tertiary/aromatic N) is 1. The van der Waals surface area contributed by atoms with Crippen LogP contribution in [0.2, 0.25) is 0 Å². The minimum Gasteiger partial charge on any atom is -0.480 e. The maximum atomic E-state index is 13.2. The molecule has 3 rings (SSSR count). The van der Waals surface area contributed by atoms with Crippen LogP contribution in [-0.4, -0.2) is 42.3 Å². The zero-order valence-corrected chi connectivity index (χ0v) is 16.5. The van der Waals surface area contributed by atoms with E-state index in [9.17, 15) is 36.2 Å². The number of alkyl halides is 6. The van der Waals surface area contributed by atoms with Crippen LogP contribution in [0.25, 0.3) is 0 Å². The molecule has 0 bridgehead atoms. The lowest BCUT2D eigenvalue weighted by Crippen LogP contribution is -2.57. The van der Waals surface area contributed by atoms with Gasteiger partial charge in [0.2, 0.25) is 0 Å². The van der Waals surface area contributed by atoms with Crippen LogP contribution in [-0.2, 0) is 39.0 Å². The number of hydrogen-bond donors (Lipinski definition) is 1. The number of carbonyl (C=O) groups is 1. The van der Waals surface area contributed by atoms with Gasteiger partial charge in [-0.1, -0.05) is 30.3 Å². The molecule has 1 saturated heterocycles. The first kappa shape index (κ1) is 24.0. The van der Waals surface area contributed by atoms with Crippen molar-refractivity contribution in [3.8, 4) is 0 Å². The van der Waals surface area contributed by atoms with Crippen molar-refractivity contribution in [2.24, 2.45) is 0 Å². The van der Waals surface area contributed by atoms with E-state index in [2.05, 4.69) is 0 Å². The molecule has 1 N–H and O–H groups in total. The third-order valence-electron chi connectivity index (χ3n) is 4.99. The Morgan fingerprint density at radius 1 is 1.03 bits per heavy atom. The fourth-order valence-electron chi connectivity index (χ4n) is 3.51. The lowest BCUT2D eigenvalue weighted by molar-refractivity contribution is -0.235. The third-order valence-corrected chi connectivity index (χ3v) is 4.99. The molecule has 5 nitrogen and oxygen atoms in total. The van der Waals surface area contributed by atoms with Gasteiger partial charge in [0.25, 0.3) is 0 Å². The van der Waals surface area contributed by atoms with Gasteiger partial charge in [0.05, 0.1) is 37.5 Å². The summed E-state index contributed by atoms with van der Waals surface area (Å²) < 4.78 is 90.4. The highest BCUT2D eigenvalue weighted by Gasteiger charge is 2.44. The van der Waals surface area contributed by atoms with E-state index >= 15 is 0 Å². The molecule has 1 atom stereocenters. The van der Waals surface area contributed by atoms with E-state index in [1.165, 1.54) is 4.90 Å². The summed E-state index contributed by atoms with van der Waals surface area (Å²) >= 11 is 0. The molecule has 0 aromatic heterocycles. The van der Waals surface area contributed by atoms with Crippen molar-refractivity contribution in [2.45, 2.75) is 24.7 Å². The van der Waals surface area contributed by atoms with Crippen molar-refractivity contribution in [1.82, 2.24) is 4.90 Å². The van der Waals surface area contributed by atoms with Gasteiger partial charge in [-0.2, -0.15) is 26.3 Å². The van der Waals surface area contributed by atoms with Crippen LogP contribution in [0, 0.1) is 0 Å². The molecule has 0 aliphatic carbocycles. The highest BCUT2D eigenvalue weighted by molar-refractivity contribution is 5.69. The van der Waals surface area contributed by atoms with Gasteiger partial charge in [-0.15, -0.1) is 0 Å². The summed E-state index contributed by atoms with van der Waals surface area (Å²) in [6, 6.07) is 9.45. The van der Waals surface area contributed by atoms with Gasteiger partial charge in [0, 0.05) is 12.1 Å². The van der Waals surface area contributed by atoms with E-state index in [0.717, 1.165) is 0 Å². The van der Waals surface area contributed by atoms with Gasteiger partial charge in [-0.25, -0.2) is 0 Å². The lowest BCUT2D eigenvalue weighted by atomic mass is 9.99.